The minimum absolute atomic E-state index is 0.426. The van der Waals surface area contributed by atoms with Crippen LogP contribution in [0.2, 0.25) is 0 Å². The smallest absolute Gasteiger partial charge is 0.110 e. The van der Waals surface area contributed by atoms with Gasteiger partial charge in [-0.05, 0) is 6.08 Å². The van der Waals surface area contributed by atoms with E-state index < -0.39 is 6.17 Å². The Morgan fingerprint density at radius 2 is 1.80 bits per heavy atom. The topological polar surface area (TPSA) is 114 Å². The zero-order valence-corrected chi connectivity index (χ0v) is 5.38. The van der Waals surface area contributed by atoms with Crippen molar-refractivity contribution in [3.05, 3.63) is 12.3 Å². The Morgan fingerprint density at radius 1 is 1.20 bits per heavy atom. The predicted molar refractivity (Wildman–Crippen MR) is 35.2 cm³/mol. The van der Waals surface area contributed by atoms with Gasteiger partial charge >= 0.3 is 0 Å². The van der Waals surface area contributed by atoms with Gasteiger partial charge in [0.15, 0.2) is 0 Å². The Kier molecular flexibility index (Phi) is 1.85. The summed E-state index contributed by atoms with van der Waals surface area (Å²) in [4.78, 5) is 0. The summed E-state index contributed by atoms with van der Waals surface area (Å²) in [5, 5.41) is 3.22. The molecule has 1 aliphatic rings. The van der Waals surface area contributed by atoms with Gasteiger partial charge in [0.2, 0.25) is 0 Å². The third-order valence-electron chi connectivity index (χ3n) is 1.21. The first kappa shape index (κ1) is 7.41. The Labute approximate surface area is 58.3 Å². The van der Waals surface area contributed by atoms with Crippen LogP contribution in [0.4, 0.5) is 0 Å². The van der Waals surface area contributed by atoms with Crippen molar-refractivity contribution in [1.29, 1.82) is 0 Å². The van der Waals surface area contributed by atoms with Gasteiger partial charge in [-0.25, -0.2) is 16.8 Å². The van der Waals surface area contributed by atoms with Crippen LogP contribution >= 0.6 is 0 Å². The summed E-state index contributed by atoms with van der Waals surface area (Å²) in [6, 6.07) is 0. The van der Waals surface area contributed by atoms with Crippen molar-refractivity contribution < 1.29 is 0 Å². The average Bonchev–Trinajstić information content (AvgIpc) is 1.93. The van der Waals surface area contributed by atoms with Crippen molar-refractivity contribution in [2.24, 2.45) is 23.3 Å². The number of nitrogens with two attached hydrogens (primary N) is 4. The van der Waals surface area contributed by atoms with Crippen LogP contribution in [0.3, 0.4) is 0 Å². The van der Waals surface area contributed by atoms with E-state index in [1.165, 1.54) is 6.20 Å². The molecule has 1 rings (SSSR count). The van der Waals surface area contributed by atoms with Crippen LogP contribution in [0, 0.1) is 0 Å². The van der Waals surface area contributed by atoms with Crippen molar-refractivity contribution in [2.75, 3.05) is 0 Å². The molecular formula is C3H11N7. The number of nitrogens with zero attached hydrogens (tertiary/aromatic N) is 3. The van der Waals surface area contributed by atoms with Crippen molar-refractivity contribution >= 4 is 0 Å². The molecule has 0 aromatic carbocycles. The summed E-state index contributed by atoms with van der Waals surface area (Å²) in [6.07, 6.45) is 2.71. The molecule has 0 radical (unpaired) electrons. The number of hydrogen-bond acceptors (Lipinski definition) is 7. The predicted octanol–water partition coefficient (Wildman–Crippen LogP) is -2.84. The molecule has 7 heteroatoms. The zero-order chi connectivity index (χ0) is 7.72. The van der Waals surface area contributed by atoms with Crippen LogP contribution in [0.25, 0.3) is 0 Å². The second-order valence-corrected chi connectivity index (χ2v) is 1.91. The fourth-order valence-electron chi connectivity index (χ4n) is 0.589. The molecule has 0 aliphatic carbocycles. The Bertz CT molecular complexity index is 128. The molecule has 0 spiro atoms. The summed E-state index contributed by atoms with van der Waals surface area (Å²) in [6.45, 7) is 0. The molecule has 0 amide bonds. The molecule has 1 atom stereocenters. The number of hydrazine groups is 5. The van der Waals surface area contributed by atoms with Crippen LogP contribution in [0.15, 0.2) is 12.3 Å². The van der Waals surface area contributed by atoms with E-state index in [1.807, 2.05) is 0 Å². The molecule has 8 N–H and O–H groups in total. The van der Waals surface area contributed by atoms with E-state index in [2.05, 4.69) is 0 Å². The van der Waals surface area contributed by atoms with E-state index >= 15 is 0 Å². The lowest BCUT2D eigenvalue weighted by molar-refractivity contribution is -0.192. The summed E-state index contributed by atoms with van der Waals surface area (Å²) in [5.74, 6) is 16.0. The van der Waals surface area contributed by atoms with Crippen molar-refractivity contribution in [1.82, 2.24) is 15.5 Å². The summed E-state index contributed by atoms with van der Waals surface area (Å²) >= 11 is 0. The van der Waals surface area contributed by atoms with Crippen LogP contribution < -0.4 is 23.3 Å². The minimum atomic E-state index is -0.426. The molecule has 0 aromatic rings. The van der Waals surface area contributed by atoms with Crippen molar-refractivity contribution in [2.45, 2.75) is 6.17 Å². The average molecular weight is 145 g/mol. The van der Waals surface area contributed by atoms with E-state index in [0.29, 0.717) is 0 Å². The lowest BCUT2D eigenvalue weighted by Crippen LogP contribution is -2.67. The molecule has 0 bridgehead atoms. The summed E-state index contributed by atoms with van der Waals surface area (Å²) < 4.78 is 0. The van der Waals surface area contributed by atoms with Gasteiger partial charge < -0.3 is 5.73 Å². The van der Waals surface area contributed by atoms with E-state index in [1.54, 1.807) is 6.08 Å². The SMILES string of the molecule is NC1C=CN(N)N(N)N1N. The highest BCUT2D eigenvalue weighted by Gasteiger charge is 2.20. The third kappa shape index (κ3) is 1.09. The van der Waals surface area contributed by atoms with Gasteiger partial charge in [0.25, 0.3) is 0 Å². The molecule has 0 saturated heterocycles. The normalized spacial score (nSPS) is 29.6. The molecule has 1 unspecified atom stereocenters. The van der Waals surface area contributed by atoms with Crippen molar-refractivity contribution in [3.63, 3.8) is 0 Å². The Morgan fingerprint density at radius 3 is 2.30 bits per heavy atom. The molecule has 7 nitrogen and oxygen atoms in total. The minimum Gasteiger partial charge on any atom is -0.310 e. The molecular weight excluding hydrogens is 134 g/mol. The molecule has 1 aliphatic heterocycles. The lowest BCUT2D eigenvalue weighted by Gasteiger charge is -2.37. The van der Waals surface area contributed by atoms with Crippen LogP contribution in [-0.4, -0.2) is 21.6 Å². The molecule has 0 aromatic heterocycles. The third-order valence-corrected chi connectivity index (χ3v) is 1.21. The fourth-order valence-corrected chi connectivity index (χ4v) is 0.589. The maximum absolute atomic E-state index is 5.44. The maximum atomic E-state index is 5.44. The van der Waals surface area contributed by atoms with E-state index in [0.717, 1.165) is 15.5 Å². The standard InChI is InChI=1S/C3H11N7/c4-3-1-2-8(5)10(7)9(3)6/h1-3H,4-7H2. The van der Waals surface area contributed by atoms with Gasteiger partial charge in [0.1, 0.15) is 6.17 Å². The Balaban J connectivity index is 2.69. The second-order valence-electron chi connectivity index (χ2n) is 1.91. The van der Waals surface area contributed by atoms with Crippen molar-refractivity contribution in [3.8, 4) is 0 Å². The quantitative estimate of drug-likeness (QED) is 0.271. The van der Waals surface area contributed by atoms with E-state index in [9.17, 15) is 0 Å². The highest BCUT2D eigenvalue weighted by atomic mass is 16.1. The van der Waals surface area contributed by atoms with E-state index in [-0.39, 0.29) is 0 Å². The molecule has 0 saturated carbocycles. The zero-order valence-electron chi connectivity index (χ0n) is 5.38. The van der Waals surface area contributed by atoms with Gasteiger partial charge in [0.05, 0.1) is 0 Å². The highest BCUT2D eigenvalue weighted by molar-refractivity contribution is 4.89. The van der Waals surface area contributed by atoms with Gasteiger partial charge in [0, 0.05) is 6.20 Å². The lowest BCUT2D eigenvalue weighted by atomic mass is 10.5. The van der Waals surface area contributed by atoms with Gasteiger partial charge in [-0.1, -0.05) is 5.23 Å². The fraction of sp³-hybridized carbons (Fsp3) is 0.333. The summed E-state index contributed by atoms with van der Waals surface area (Å²) in [7, 11) is 0. The summed E-state index contributed by atoms with van der Waals surface area (Å²) in [5.41, 5.74) is 5.44. The highest BCUT2D eigenvalue weighted by Crippen LogP contribution is 1.99. The van der Waals surface area contributed by atoms with Crippen LogP contribution in [-0.2, 0) is 0 Å². The monoisotopic (exact) mass is 145 g/mol. The molecule has 0 fully saturated rings. The number of hydrogen-bond donors (Lipinski definition) is 4. The first-order valence-corrected chi connectivity index (χ1v) is 2.69. The number of rotatable bonds is 0. The first-order valence-electron chi connectivity index (χ1n) is 2.69. The maximum Gasteiger partial charge on any atom is 0.110 e. The molecule has 58 valence electrons. The molecule has 1 heterocycles. The van der Waals surface area contributed by atoms with Crippen LogP contribution in [0.1, 0.15) is 0 Å². The molecule has 10 heavy (non-hydrogen) atoms. The largest absolute Gasteiger partial charge is 0.310 e. The first-order chi connectivity index (χ1) is 4.63. The van der Waals surface area contributed by atoms with Crippen LogP contribution in [0.5, 0.6) is 0 Å². The Hall–Kier alpha value is -0.700. The van der Waals surface area contributed by atoms with E-state index in [4.69, 9.17) is 23.3 Å². The van der Waals surface area contributed by atoms with Gasteiger partial charge in [-0.3, -0.25) is 5.84 Å². The van der Waals surface area contributed by atoms with Gasteiger partial charge in [-0.2, -0.15) is 0 Å². The second kappa shape index (κ2) is 2.50. The van der Waals surface area contributed by atoms with Gasteiger partial charge in [-0.15, -0.1) is 5.12 Å².